The zero-order valence-electron chi connectivity index (χ0n) is 8.06. The second kappa shape index (κ2) is 3.24. The van der Waals surface area contributed by atoms with E-state index in [-0.39, 0.29) is 0 Å². The molecule has 16 heavy (non-hydrogen) atoms. The van der Waals surface area contributed by atoms with E-state index >= 15 is 0 Å². The second-order valence-corrected chi connectivity index (χ2v) is 4.41. The van der Waals surface area contributed by atoms with E-state index in [9.17, 15) is 4.79 Å². The van der Waals surface area contributed by atoms with Crippen molar-refractivity contribution in [3.63, 3.8) is 0 Å². The molecule has 3 heterocycles. The van der Waals surface area contributed by atoms with E-state index < -0.39 is 5.97 Å². The molecule has 0 aliphatic carbocycles. The van der Waals surface area contributed by atoms with E-state index in [1.807, 2.05) is 18.2 Å². The van der Waals surface area contributed by atoms with Gasteiger partial charge >= 0.3 is 5.97 Å². The lowest BCUT2D eigenvalue weighted by Gasteiger charge is -1.89. The number of hydrogen-bond donors (Lipinski definition) is 2. The highest BCUT2D eigenvalue weighted by Crippen LogP contribution is 2.30. The van der Waals surface area contributed by atoms with Crippen molar-refractivity contribution in [3.8, 4) is 11.5 Å². The number of aromatic carboxylic acids is 1. The highest BCUT2D eigenvalue weighted by atomic mass is 32.1. The first-order chi connectivity index (χ1) is 7.74. The number of nitrogens with one attached hydrogen (secondary N) is 1. The molecule has 5 heteroatoms. The Morgan fingerprint density at radius 3 is 2.94 bits per heavy atom. The third-order valence-electron chi connectivity index (χ3n) is 2.31. The van der Waals surface area contributed by atoms with Crippen molar-refractivity contribution in [1.82, 2.24) is 4.98 Å². The maximum atomic E-state index is 10.8. The lowest BCUT2D eigenvalue weighted by atomic mass is 10.3. The van der Waals surface area contributed by atoms with Crippen molar-refractivity contribution in [2.75, 3.05) is 0 Å². The van der Waals surface area contributed by atoms with Gasteiger partial charge in [-0.05, 0) is 24.3 Å². The van der Waals surface area contributed by atoms with Crippen LogP contribution in [0.25, 0.3) is 21.7 Å². The van der Waals surface area contributed by atoms with Crippen molar-refractivity contribution in [2.45, 2.75) is 0 Å². The summed E-state index contributed by atoms with van der Waals surface area (Å²) in [5.74, 6) is -0.144. The standard InChI is InChI=1S/C11H7NO3S/c13-11(14)9-5-6-4-7(12-10(6)16-9)8-2-1-3-15-8/h1-5,12H,(H,13,14). The molecule has 0 bridgehead atoms. The Morgan fingerprint density at radius 2 is 2.31 bits per heavy atom. The summed E-state index contributed by atoms with van der Waals surface area (Å²) >= 11 is 1.23. The maximum absolute atomic E-state index is 10.8. The smallest absolute Gasteiger partial charge is 0.345 e. The van der Waals surface area contributed by atoms with Gasteiger partial charge < -0.3 is 14.5 Å². The first-order valence-corrected chi connectivity index (χ1v) is 5.45. The van der Waals surface area contributed by atoms with E-state index in [1.54, 1.807) is 12.3 Å². The number of thiophene rings is 1. The monoisotopic (exact) mass is 233 g/mol. The fraction of sp³-hybridized carbons (Fsp3) is 0. The maximum Gasteiger partial charge on any atom is 0.345 e. The van der Waals surface area contributed by atoms with Gasteiger partial charge in [-0.15, -0.1) is 11.3 Å². The molecule has 0 aliphatic rings. The molecule has 0 amide bonds. The minimum absolute atomic E-state index is 0.340. The molecule has 2 N–H and O–H groups in total. The van der Waals surface area contributed by atoms with Gasteiger partial charge in [0.05, 0.1) is 12.0 Å². The summed E-state index contributed by atoms with van der Waals surface area (Å²) in [7, 11) is 0. The van der Waals surface area contributed by atoms with Gasteiger partial charge in [-0.1, -0.05) is 0 Å². The Bertz CT molecular complexity index is 616. The summed E-state index contributed by atoms with van der Waals surface area (Å²) < 4.78 is 5.25. The first-order valence-electron chi connectivity index (χ1n) is 4.64. The lowest BCUT2D eigenvalue weighted by Crippen LogP contribution is -1.89. The highest BCUT2D eigenvalue weighted by Gasteiger charge is 2.12. The SMILES string of the molecule is O=C(O)c1cc2cc(-c3ccco3)[nH]c2s1. The number of carboxylic acid groups (broad SMARTS) is 1. The van der Waals surface area contributed by atoms with E-state index in [4.69, 9.17) is 9.52 Å². The summed E-state index contributed by atoms with van der Waals surface area (Å²) in [5, 5.41) is 9.73. The number of furan rings is 1. The fourth-order valence-electron chi connectivity index (χ4n) is 1.59. The van der Waals surface area contributed by atoms with Crippen LogP contribution in [-0.4, -0.2) is 16.1 Å². The van der Waals surface area contributed by atoms with Crippen LogP contribution in [0.5, 0.6) is 0 Å². The topological polar surface area (TPSA) is 66.2 Å². The number of carbonyl (C=O) groups is 1. The van der Waals surface area contributed by atoms with Crippen LogP contribution in [0, 0.1) is 0 Å². The van der Waals surface area contributed by atoms with Crippen molar-refractivity contribution in [3.05, 3.63) is 35.4 Å². The third kappa shape index (κ3) is 1.33. The van der Waals surface area contributed by atoms with Gasteiger partial charge in [0.1, 0.15) is 15.5 Å². The molecule has 0 fully saturated rings. The number of aromatic amines is 1. The summed E-state index contributed by atoms with van der Waals surface area (Å²) in [6.07, 6.45) is 1.60. The number of H-pyrrole nitrogens is 1. The van der Waals surface area contributed by atoms with E-state index in [0.29, 0.717) is 4.88 Å². The lowest BCUT2D eigenvalue weighted by molar-refractivity contribution is 0.0702. The Hall–Kier alpha value is -2.01. The molecule has 80 valence electrons. The molecule has 0 spiro atoms. The molecule has 0 saturated heterocycles. The van der Waals surface area contributed by atoms with Gasteiger partial charge in [0, 0.05) is 5.39 Å². The minimum Gasteiger partial charge on any atom is -0.477 e. The van der Waals surface area contributed by atoms with Crippen LogP contribution < -0.4 is 0 Å². The predicted molar refractivity (Wildman–Crippen MR) is 60.8 cm³/mol. The zero-order valence-corrected chi connectivity index (χ0v) is 8.88. The molecule has 4 nitrogen and oxygen atoms in total. The molecule has 0 aliphatic heterocycles. The van der Waals surface area contributed by atoms with Gasteiger partial charge in [0.2, 0.25) is 0 Å². The highest BCUT2D eigenvalue weighted by molar-refractivity contribution is 7.20. The Kier molecular flexibility index (Phi) is 1.87. The van der Waals surface area contributed by atoms with Crippen LogP contribution >= 0.6 is 11.3 Å². The summed E-state index contributed by atoms with van der Waals surface area (Å²) in [5.41, 5.74) is 0.864. The average Bonchev–Trinajstić information content (AvgIpc) is 2.91. The van der Waals surface area contributed by atoms with Crippen LogP contribution in [0.2, 0.25) is 0 Å². The minimum atomic E-state index is -0.894. The second-order valence-electron chi connectivity index (χ2n) is 3.36. The first kappa shape index (κ1) is 9.23. The van der Waals surface area contributed by atoms with Crippen LogP contribution in [-0.2, 0) is 0 Å². The van der Waals surface area contributed by atoms with Gasteiger partial charge in [-0.2, -0.15) is 0 Å². The fourth-order valence-corrected chi connectivity index (χ4v) is 2.48. The molecular weight excluding hydrogens is 226 g/mol. The predicted octanol–water partition coefficient (Wildman–Crippen LogP) is 3.19. The van der Waals surface area contributed by atoms with Crippen molar-refractivity contribution < 1.29 is 14.3 Å². The van der Waals surface area contributed by atoms with E-state index in [1.165, 1.54) is 11.3 Å². The molecule has 0 unspecified atom stereocenters. The number of aromatic nitrogens is 1. The van der Waals surface area contributed by atoms with Crippen molar-refractivity contribution in [1.29, 1.82) is 0 Å². The molecule has 3 rings (SSSR count). The number of carboxylic acids is 1. The molecular formula is C11H7NO3S. The molecule has 0 radical (unpaired) electrons. The van der Waals surface area contributed by atoms with E-state index in [0.717, 1.165) is 21.7 Å². The molecule has 3 aromatic heterocycles. The zero-order chi connectivity index (χ0) is 11.1. The average molecular weight is 233 g/mol. The van der Waals surface area contributed by atoms with Crippen molar-refractivity contribution >= 4 is 27.5 Å². The molecule has 0 aromatic carbocycles. The van der Waals surface area contributed by atoms with Crippen LogP contribution in [0.4, 0.5) is 0 Å². The Balaban J connectivity index is 2.12. The Morgan fingerprint density at radius 1 is 1.44 bits per heavy atom. The quantitative estimate of drug-likeness (QED) is 0.714. The Labute approximate surface area is 94.1 Å². The normalized spacial score (nSPS) is 11.0. The number of hydrogen-bond acceptors (Lipinski definition) is 3. The third-order valence-corrected chi connectivity index (χ3v) is 3.36. The van der Waals surface area contributed by atoms with Crippen LogP contribution in [0.1, 0.15) is 9.67 Å². The van der Waals surface area contributed by atoms with Gasteiger partial charge in [0.15, 0.2) is 0 Å². The molecule has 0 saturated carbocycles. The number of rotatable bonds is 2. The van der Waals surface area contributed by atoms with Crippen LogP contribution in [0.15, 0.2) is 34.9 Å². The van der Waals surface area contributed by atoms with Gasteiger partial charge in [0.25, 0.3) is 0 Å². The number of fused-ring (bicyclic) bond motifs is 1. The van der Waals surface area contributed by atoms with E-state index in [2.05, 4.69) is 4.98 Å². The summed E-state index contributed by atoms with van der Waals surface area (Å²) in [4.78, 5) is 15.1. The van der Waals surface area contributed by atoms with Crippen molar-refractivity contribution in [2.24, 2.45) is 0 Å². The van der Waals surface area contributed by atoms with Gasteiger partial charge in [-0.25, -0.2) is 4.79 Å². The van der Waals surface area contributed by atoms with Crippen LogP contribution in [0.3, 0.4) is 0 Å². The van der Waals surface area contributed by atoms with Gasteiger partial charge in [-0.3, -0.25) is 0 Å². The largest absolute Gasteiger partial charge is 0.477 e. The molecule has 0 atom stereocenters. The summed E-state index contributed by atoms with van der Waals surface area (Å²) in [6.45, 7) is 0. The summed E-state index contributed by atoms with van der Waals surface area (Å²) in [6, 6.07) is 7.21. The molecule has 3 aromatic rings.